The van der Waals surface area contributed by atoms with Crippen molar-refractivity contribution in [2.45, 2.75) is 53.5 Å². The lowest BCUT2D eigenvalue weighted by molar-refractivity contribution is 0.0887. The molecule has 1 aliphatic heterocycles. The molecule has 1 saturated heterocycles. The summed E-state index contributed by atoms with van der Waals surface area (Å²) >= 11 is 0. The standard InChI is InChI=1S/C22H30N2O2/c1-14(2)8-11-24-12-9-18(10-13-24)23-22(25)21-17(5)19-15(3)6-7-16(4)20(19)26-21/h6-8,18H,9-13H2,1-5H3,(H,23,25). The molecule has 0 aliphatic carbocycles. The molecule has 1 fully saturated rings. The van der Waals surface area contributed by atoms with Gasteiger partial charge >= 0.3 is 0 Å². The highest BCUT2D eigenvalue weighted by Gasteiger charge is 2.24. The zero-order valence-corrected chi connectivity index (χ0v) is 16.6. The van der Waals surface area contributed by atoms with Crippen molar-refractivity contribution in [2.75, 3.05) is 19.6 Å². The number of carbonyl (C=O) groups is 1. The molecule has 0 spiro atoms. The Balaban J connectivity index is 1.67. The highest BCUT2D eigenvalue weighted by atomic mass is 16.3. The molecule has 4 heteroatoms. The maximum Gasteiger partial charge on any atom is 0.287 e. The third-order valence-electron chi connectivity index (χ3n) is 5.37. The van der Waals surface area contributed by atoms with Gasteiger partial charge in [0.25, 0.3) is 5.91 Å². The SMILES string of the molecule is CC(C)=CCN1CCC(NC(=O)c2oc3c(C)ccc(C)c3c2C)CC1. The summed E-state index contributed by atoms with van der Waals surface area (Å²) < 4.78 is 5.97. The summed E-state index contributed by atoms with van der Waals surface area (Å²) in [5.74, 6) is 0.379. The molecule has 4 nitrogen and oxygen atoms in total. The van der Waals surface area contributed by atoms with Gasteiger partial charge < -0.3 is 9.73 Å². The van der Waals surface area contributed by atoms with Crippen molar-refractivity contribution in [3.63, 3.8) is 0 Å². The lowest BCUT2D eigenvalue weighted by atomic mass is 10.0. The number of hydrogen-bond donors (Lipinski definition) is 1. The molecule has 1 aliphatic rings. The van der Waals surface area contributed by atoms with Gasteiger partial charge in [-0.25, -0.2) is 0 Å². The number of carbonyl (C=O) groups excluding carboxylic acids is 1. The van der Waals surface area contributed by atoms with E-state index < -0.39 is 0 Å². The smallest absolute Gasteiger partial charge is 0.287 e. The Morgan fingerprint density at radius 2 is 1.85 bits per heavy atom. The topological polar surface area (TPSA) is 45.5 Å². The molecule has 2 aromatic rings. The van der Waals surface area contributed by atoms with Crippen molar-refractivity contribution >= 4 is 16.9 Å². The lowest BCUT2D eigenvalue weighted by Gasteiger charge is -2.31. The first-order valence-electron chi connectivity index (χ1n) is 9.52. The van der Waals surface area contributed by atoms with E-state index in [0.29, 0.717) is 5.76 Å². The minimum absolute atomic E-state index is 0.0831. The van der Waals surface area contributed by atoms with Crippen LogP contribution >= 0.6 is 0 Å². The minimum atomic E-state index is -0.0831. The lowest BCUT2D eigenvalue weighted by Crippen LogP contribution is -2.44. The molecule has 1 aromatic carbocycles. The van der Waals surface area contributed by atoms with Crippen molar-refractivity contribution in [2.24, 2.45) is 0 Å². The average Bonchev–Trinajstić information content (AvgIpc) is 2.96. The number of benzene rings is 1. The third kappa shape index (κ3) is 3.85. The molecule has 140 valence electrons. The highest BCUT2D eigenvalue weighted by Crippen LogP contribution is 2.30. The van der Waals surface area contributed by atoms with E-state index in [1.54, 1.807) is 0 Å². The van der Waals surface area contributed by atoms with Crippen molar-refractivity contribution in [3.05, 3.63) is 46.2 Å². The van der Waals surface area contributed by atoms with E-state index in [1.807, 2.05) is 19.9 Å². The van der Waals surface area contributed by atoms with Crippen molar-refractivity contribution in [1.82, 2.24) is 10.2 Å². The fourth-order valence-corrected chi connectivity index (χ4v) is 3.71. The fraction of sp³-hybridized carbons (Fsp3) is 0.500. The summed E-state index contributed by atoms with van der Waals surface area (Å²) in [5, 5.41) is 4.26. The van der Waals surface area contributed by atoms with Crippen LogP contribution in [-0.4, -0.2) is 36.5 Å². The Morgan fingerprint density at radius 1 is 1.19 bits per heavy atom. The molecular formula is C22H30N2O2. The van der Waals surface area contributed by atoms with Gasteiger partial charge in [-0.2, -0.15) is 0 Å². The second kappa shape index (κ2) is 7.67. The normalized spacial score (nSPS) is 16.0. The molecule has 0 atom stereocenters. The summed E-state index contributed by atoms with van der Waals surface area (Å²) in [4.78, 5) is 15.2. The number of amides is 1. The Labute approximate surface area is 156 Å². The third-order valence-corrected chi connectivity index (χ3v) is 5.37. The maximum atomic E-state index is 12.8. The number of piperidine rings is 1. The van der Waals surface area contributed by atoms with Gasteiger partial charge in [-0.15, -0.1) is 0 Å². The molecule has 0 bridgehead atoms. The van der Waals surface area contributed by atoms with E-state index in [9.17, 15) is 4.79 Å². The Morgan fingerprint density at radius 3 is 2.46 bits per heavy atom. The monoisotopic (exact) mass is 354 g/mol. The van der Waals surface area contributed by atoms with Gasteiger partial charge in [0, 0.05) is 36.6 Å². The first kappa shape index (κ1) is 18.7. The highest BCUT2D eigenvalue weighted by molar-refractivity contribution is 6.00. The van der Waals surface area contributed by atoms with Gasteiger partial charge in [0.1, 0.15) is 5.58 Å². The molecule has 2 heterocycles. The van der Waals surface area contributed by atoms with Crippen LogP contribution in [0.5, 0.6) is 0 Å². The number of furan rings is 1. The van der Waals surface area contributed by atoms with Gasteiger partial charge in [0.2, 0.25) is 0 Å². The molecular weight excluding hydrogens is 324 g/mol. The minimum Gasteiger partial charge on any atom is -0.450 e. The summed E-state index contributed by atoms with van der Waals surface area (Å²) in [5.41, 5.74) is 5.36. The number of hydrogen-bond acceptors (Lipinski definition) is 3. The Kier molecular flexibility index (Phi) is 5.52. The van der Waals surface area contributed by atoms with Crippen LogP contribution in [-0.2, 0) is 0 Å². The van der Waals surface area contributed by atoms with E-state index in [4.69, 9.17) is 4.42 Å². The maximum absolute atomic E-state index is 12.8. The molecule has 0 unspecified atom stereocenters. The van der Waals surface area contributed by atoms with Crippen LogP contribution in [0.1, 0.15) is 53.9 Å². The van der Waals surface area contributed by atoms with Crippen LogP contribution in [0.25, 0.3) is 11.0 Å². The van der Waals surface area contributed by atoms with E-state index in [2.05, 4.69) is 43.1 Å². The van der Waals surface area contributed by atoms with Crippen LogP contribution in [0.2, 0.25) is 0 Å². The second-order valence-electron chi connectivity index (χ2n) is 7.79. The Hall–Kier alpha value is -2.07. The van der Waals surface area contributed by atoms with E-state index >= 15 is 0 Å². The van der Waals surface area contributed by atoms with Crippen LogP contribution in [0.15, 0.2) is 28.2 Å². The first-order chi connectivity index (χ1) is 12.4. The van der Waals surface area contributed by atoms with Crippen LogP contribution in [0, 0.1) is 20.8 Å². The molecule has 3 rings (SSSR count). The second-order valence-corrected chi connectivity index (χ2v) is 7.79. The number of fused-ring (bicyclic) bond motifs is 1. The molecule has 0 radical (unpaired) electrons. The summed E-state index contributed by atoms with van der Waals surface area (Å²) in [6.45, 7) is 13.4. The first-order valence-corrected chi connectivity index (χ1v) is 9.52. The van der Waals surface area contributed by atoms with Gasteiger partial charge in [-0.3, -0.25) is 9.69 Å². The number of nitrogens with zero attached hydrogens (tertiary/aromatic N) is 1. The van der Waals surface area contributed by atoms with Crippen molar-refractivity contribution < 1.29 is 9.21 Å². The quantitative estimate of drug-likeness (QED) is 0.821. The molecule has 1 amide bonds. The fourth-order valence-electron chi connectivity index (χ4n) is 3.71. The average molecular weight is 354 g/mol. The summed E-state index contributed by atoms with van der Waals surface area (Å²) in [6, 6.07) is 4.36. The predicted molar refractivity (Wildman–Crippen MR) is 107 cm³/mol. The zero-order valence-electron chi connectivity index (χ0n) is 16.6. The van der Waals surface area contributed by atoms with Crippen LogP contribution in [0.4, 0.5) is 0 Å². The predicted octanol–water partition coefficient (Wildman–Crippen LogP) is 4.52. The van der Waals surface area contributed by atoms with E-state index in [0.717, 1.165) is 60.1 Å². The molecule has 26 heavy (non-hydrogen) atoms. The molecule has 1 N–H and O–H groups in total. The number of nitrogens with one attached hydrogen (secondary N) is 1. The van der Waals surface area contributed by atoms with Crippen LogP contribution in [0.3, 0.4) is 0 Å². The van der Waals surface area contributed by atoms with Crippen molar-refractivity contribution in [1.29, 1.82) is 0 Å². The number of rotatable bonds is 4. The Bertz CT molecular complexity index is 835. The van der Waals surface area contributed by atoms with E-state index in [1.165, 1.54) is 5.57 Å². The van der Waals surface area contributed by atoms with Crippen LogP contribution < -0.4 is 5.32 Å². The van der Waals surface area contributed by atoms with Gasteiger partial charge in [0.05, 0.1) is 0 Å². The van der Waals surface area contributed by atoms with E-state index in [-0.39, 0.29) is 11.9 Å². The number of likely N-dealkylation sites (tertiary alicyclic amines) is 1. The number of aryl methyl sites for hydroxylation is 3. The zero-order chi connectivity index (χ0) is 18.8. The van der Waals surface area contributed by atoms with Gasteiger partial charge in [-0.05, 0) is 58.6 Å². The number of allylic oxidation sites excluding steroid dienone is 1. The largest absolute Gasteiger partial charge is 0.450 e. The summed E-state index contributed by atoms with van der Waals surface area (Å²) in [6.07, 6.45) is 4.24. The van der Waals surface area contributed by atoms with Gasteiger partial charge in [0.15, 0.2) is 5.76 Å². The summed E-state index contributed by atoms with van der Waals surface area (Å²) in [7, 11) is 0. The molecule has 0 saturated carbocycles. The molecule has 1 aromatic heterocycles. The van der Waals surface area contributed by atoms with Crippen molar-refractivity contribution in [3.8, 4) is 0 Å². The van der Waals surface area contributed by atoms with Gasteiger partial charge in [-0.1, -0.05) is 23.8 Å².